The number of carbonyl (C=O) groups is 1. The summed E-state index contributed by atoms with van der Waals surface area (Å²) in [6, 6.07) is 4.00. The molecule has 16 heavy (non-hydrogen) atoms. The summed E-state index contributed by atoms with van der Waals surface area (Å²) in [4.78, 5) is 14.7. The van der Waals surface area contributed by atoms with Crippen molar-refractivity contribution in [2.75, 3.05) is 19.7 Å². The van der Waals surface area contributed by atoms with Gasteiger partial charge in [0.2, 0.25) is 0 Å². The molecule has 1 saturated carbocycles. The van der Waals surface area contributed by atoms with Gasteiger partial charge in [0.25, 0.3) is 0 Å². The summed E-state index contributed by atoms with van der Waals surface area (Å²) in [6.07, 6.45) is 2.27. The van der Waals surface area contributed by atoms with E-state index < -0.39 is 0 Å². The minimum Gasteiger partial charge on any atom is -0.395 e. The Morgan fingerprint density at radius 3 is 2.81 bits per heavy atom. The number of Topliss-reactive ketones (excluding diaryl/α,β-unsaturated/α-hetero) is 1. The van der Waals surface area contributed by atoms with Gasteiger partial charge in [-0.05, 0) is 25.0 Å². The third-order valence-corrected chi connectivity index (χ3v) is 3.92. The molecule has 0 atom stereocenters. The van der Waals surface area contributed by atoms with Gasteiger partial charge in [0.15, 0.2) is 5.78 Å². The molecule has 0 spiro atoms. The smallest absolute Gasteiger partial charge is 0.186 e. The number of nitrogens with zero attached hydrogens (tertiary/aromatic N) is 1. The lowest BCUT2D eigenvalue weighted by Gasteiger charge is -2.19. The Balaban J connectivity index is 1.94. The molecule has 5 heteroatoms. The van der Waals surface area contributed by atoms with Crippen LogP contribution in [0.1, 0.15) is 22.5 Å². The van der Waals surface area contributed by atoms with Crippen molar-refractivity contribution in [3.05, 3.63) is 21.3 Å². The number of hydrogen-bond acceptors (Lipinski definition) is 4. The van der Waals surface area contributed by atoms with Crippen molar-refractivity contribution in [1.29, 1.82) is 0 Å². The van der Waals surface area contributed by atoms with Crippen molar-refractivity contribution in [2.45, 2.75) is 18.9 Å². The molecule has 0 amide bonds. The molecule has 0 unspecified atom stereocenters. The SMILES string of the molecule is O=C(CN(CCO)C1CC1)c1ccc(Cl)s1. The summed E-state index contributed by atoms with van der Waals surface area (Å²) in [5, 5.41) is 8.93. The number of aliphatic hydroxyl groups is 1. The lowest BCUT2D eigenvalue weighted by atomic mass is 10.3. The third kappa shape index (κ3) is 3.04. The second-order valence-corrected chi connectivity index (χ2v) is 5.67. The summed E-state index contributed by atoms with van der Waals surface area (Å²) in [5.41, 5.74) is 0. The molecule has 0 saturated heterocycles. The highest BCUT2D eigenvalue weighted by Gasteiger charge is 2.30. The van der Waals surface area contributed by atoms with Gasteiger partial charge in [0.05, 0.1) is 22.4 Å². The second kappa shape index (κ2) is 5.27. The molecule has 88 valence electrons. The van der Waals surface area contributed by atoms with Crippen LogP contribution in [0.15, 0.2) is 12.1 Å². The van der Waals surface area contributed by atoms with Crippen LogP contribution in [0.3, 0.4) is 0 Å². The number of hydrogen-bond donors (Lipinski definition) is 1. The van der Waals surface area contributed by atoms with Gasteiger partial charge in [0.1, 0.15) is 0 Å². The van der Waals surface area contributed by atoms with Crippen LogP contribution < -0.4 is 0 Å². The summed E-state index contributed by atoms with van der Waals surface area (Å²) in [7, 11) is 0. The minimum absolute atomic E-state index is 0.0947. The lowest BCUT2D eigenvalue weighted by Crippen LogP contribution is -2.34. The molecule has 1 aliphatic rings. The van der Waals surface area contributed by atoms with E-state index in [4.69, 9.17) is 16.7 Å². The molecule has 1 aromatic heterocycles. The van der Waals surface area contributed by atoms with E-state index in [0.717, 1.165) is 12.8 Å². The van der Waals surface area contributed by atoms with Crippen LogP contribution in [0, 0.1) is 0 Å². The zero-order valence-electron chi connectivity index (χ0n) is 8.86. The first-order valence-corrected chi connectivity index (χ1v) is 6.53. The highest BCUT2D eigenvalue weighted by molar-refractivity contribution is 7.18. The molecule has 1 heterocycles. The maximum absolute atomic E-state index is 11.9. The van der Waals surface area contributed by atoms with Crippen LogP contribution in [-0.2, 0) is 0 Å². The normalized spacial score (nSPS) is 15.7. The third-order valence-electron chi connectivity index (χ3n) is 2.65. The summed E-state index contributed by atoms with van der Waals surface area (Å²) in [5.74, 6) is 0.0947. The second-order valence-electron chi connectivity index (χ2n) is 3.95. The number of aliphatic hydroxyl groups excluding tert-OH is 1. The minimum atomic E-state index is 0.0947. The van der Waals surface area contributed by atoms with E-state index >= 15 is 0 Å². The summed E-state index contributed by atoms with van der Waals surface area (Å²) >= 11 is 7.10. The highest BCUT2D eigenvalue weighted by atomic mass is 35.5. The lowest BCUT2D eigenvalue weighted by molar-refractivity contribution is 0.0911. The Bertz CT molecular complexity index is 376. The Hall–Kier alpha value is -0.420. The van der Waals surface area contributed by atoms with Crippen LogP contribution in [-0.4, -0.2) is 41.5 Å². The van der Waals surface area contributed by atoms with Gasteiger partial charge >= 0.3 is 0 Å². The van der Waals surface area contributed by atoms with Crippen molar-refractivity contribution < 1.29 is 9.90 Å². The van der Waals surface area contributed by atoms with Crippen molar-refractivity contribution in [3.8, 4) is 0 Å². The van der Waals surface area contributed by atoms with E-state index in [-0.39, 0.29) is 12.4 Å². The van der Waals surface area contributed by atoms with E-state index in [2.05, 4.69) is 4.90 Å². The maximum atomic E-state index is 11.9. The fourth-order valence-corrected chi connectivity index (χ4v) is 2.66. The van der Waals surface area contributed by atoms with E-state index in [1.807, 2.05) is 0 Å². The van der Waals surface area contributed by atoms with Gasteiger partial charge in [-0.3, -0.25) is 9.69 Å². The molecule has 1 aliphatic carbocycles. The maximum Gasteiger partial charge on any atom is 0.186 e. The predicted octanol–water partition coefficient (Wildman–Crippen LogP) is 2.04. The Kier molecular flexibility index (Phi) is 3.97. The van der Waals surface area contributed by atoms with Crippen LogP contribution in [0.25, 0.3) is 0 Å². The van der Waals surface area contributed by atoms with Crippen LogP contribution in [0.5, 0.6) is 0 Å². The Morgan fingerprint density at radius 2 is 2.31 bits per heavy atom. The fraction of sp³-hybridized carbons (Fsp3) is 0.545. The fourth-order valence-electron chi connectivity index (χ4n) is 1.69. The number of ketones is 1. The summed E-state index contributed by atoms with van der Waals surface area (Å²) in [6.45, 7) is 1.08. The number of thiophene rings is 1. The molecule has 2 rings (SSSR count). The van der Waals surface area contributed by atoms with Gasteiger partial charge < -0.3 is 5.11 Å². The molecule has 1 N–H and O–H groups in total. The van der Waals surface area contributed by atoms with Gasteiger partial charge in [0, 0.05) is 12.6 Å². The first kappa shape index (κ1) is 12.0. The zero-order chi connectivity index (χ0) is 11.5. The van der Waals surface area contributed by atoms with Gasteiger partial charge in [-0.2, -0.15) is 0 Å². The topological polar surface area (TPSA) is 40.5 Å². The monoisotopic (exact) mass is 259 g/mol. The number of halogens is 1. The first-order valence-electron chi connectivity index (χ1n) is 5.34. The van der Waals surface area contributed by atoms with Crippen molar-refractivity contribution in [2.24, 2.45) is 0 Å². The zero-order valence-corrected chi connectivity index (χ0v) is 10.4. The quantitative estimate of drug-likeness (QED) is 0.795. The molecular formula is C11H14ClNO2S. The Morgan fingerprint density at radius 1 is 1.56 bits per heavy atom. The molecule has 1 aromatic rings. The van der Waals surface area contributed by atoms with Gasteiger partial charge in [-0.1, -0.05) is 11.6 Å². The van der Waals surface area contributed by atoms with Gasteiger partial charge in [-0.25, -0.2) is 0 Å². The van der Waals surface area contributed by atoms with E-state index in [0.29, 0.717) is 28.3 Å². The molecule has 1 fully saturated rings. The van der Waals surface area contributed by atoms with Crippen LogP contribution in [0.4, 0.5) is 0 Å². The van der Waals surface area contributed by atoms with Crippen LogP contribution >= 0.6 is 22.9 Å². The first-order chi connectivity index (χ1) is 7.70. The number of carbonyl (C=O) groups excluding carboxylic acids is 1. The largest absolute Gasteiger partial charge is 0.395 e. The molecule has 0 aromatic carbocycles. The van der Waals surface area contributed by atoms with Gasteiger partial charge in [-0.15, -0.1) is 11.3 Å². The molecule has 0 radical (unpaired) electrons. The molecule has 0 aliphatic heterocycles. The van der Waals surface area contributed by atoms with Crippen LogP contribution in [0.2, 0.25) is 4.34 Å². The van der Waals surface area contributed by atoms with E-state index in [9.17, 15) is 4.79 Å². The average Bonchev–Trinajstić information content (AvgIpc) is 3.00. The standard InChI is InChI=1S/C11H14ClNO2S/c12-11-4-3-10(16-11)9(15)7-13(5-6-14)8-1-2-8/h3-4,8,14H,1-2,5-7H2. The van der Waals surface area contributed by atoms with E-state index in [1.165, 1.54) is 11.3 Å². The van der Waals surface area contributed by atoms with E-state index in [1.54, 1.807) is 12.1 Å². The number of rotatable bonds is 6. The molecular weight excluding hydrogens is 246 g/mol. The molecule has 0 bridgehead atoms. The highest BCUT2D eigenvalue weighted by Crippen LogP contribution is 2.27. The van der Waals surface area contributed by atoms with Crippen molar-refractivity contribution in [1.82, 2.24) is 4.90 Å². The molecule has 3 nitrogen and oxygen atoms in total. The summed E-state index contributed by atoms with van der Waals surface area (Å²) < 4.78 is 0.642. The Labute approximate surface area is 104 Å². The average molecular weight is 260 g/mol. The van der Waals surface area contributed by atoms with Crippen molar-refractivity contribution >= 4 is 28.7 Å². The van der Waals surface area contributed by atoms with Crippen molar-refractivity contribution in [3.63, 3.8) is 0 Å². The predicted molar refractivity (Wildman–Crippen MR) is 65.3 cm³/mol.